The second kappa shape index (κ2) is 7.92. The molecule has 5 heteroatoms. The zero-order chi connectivity index (χ0) is 18.6. The minimum atomic E-state index is -0.130. The number of carbonyl (C=O) groups is 1. The summed E-state index contributed by atoms with van der Waals surface area (Å²) in [6, 6.07) is 17.9. The molecule has 0 bridgehead atoms. The van der Waals surface area contributed by atoms with E-state index >= 15 is 0 Å². The first kappa shape index (κ1) is 17.7. The van der Waals surface area contributed by atoms with Crippen molar-refractivity contribution in [1.82, 2.24) is 10.3 Å². The molecule has 0 spiro atoms. The second-order valence-electron chi connectivity index (χ2n) is 6.76. The molecule has 2 aromatic carbocycles. The number of unbranched alkanes of at least 4 members (excludes halogenated alkanes) is 1. The number of hydrogen-bond donors (Lipinski definition) is 1. The van der Waals surface area contributed by atoms with Crippen LogP contribution in [0.2, 0.25) is 0 Å². The number of benzene rings is 2. The van der Waals surface area contributed by atoms with Crippen LogP contribution < -0.4 is 5.32 Å². The number of carbonyl (C=O) groups excluding carboxylic acids is 1. The van der Waals surface area contributed by atoms with Crippen LogP contribution in [0.25, 0.3) is 21.2 Å². The van der Waals surface area contributed by atoms with E-state index < -0.39 is 0 Å². The molecule has 4 aromatic rings. The van der Waals surface area contributed by atoms with Crippen LogP contribution in [-0.2, 0) is 11.2 Å². The van der Waals surface area contributed by atoms with Gasteiger partial charge in [-0.2, -0.15) is 0 Å². The van der Waals surface area contributed by atoms with Crippen molar-refractivity contribution in [1.29, 1.82) is 0 Å². The van der Waals surface area contributed by atoms with Crippen LogP contribution >= 0.6 is 11.3 Å². The molecule has 1 atom stereocenters. The molecule has 2 aromatic heterocycles. The number of furan rings is 1. The predicted molar refractivity (Wildman–Crippen MR) is 110 cm³/mol. The molecule has 27 heavy (non-hydrogen) atoms. The number of nitrogens with one attached hydrogen (secondary N) is 1. The first-order chi connectivity index (χ1) is 13.2. The Kier molecular flexibility index (Phi) is 5.21. The average molecular weight is 378 g/mol. The van der Waals surface area contributed by atoms with Crippen LogP contribution in [0.4, 0.5) is 0 Å². The van der Waals surface area contributed by atoms with E-state index in [1.807, 2.05) is 55.5 Å². The van der Waals surface area contributed by atoms with Gasteiger partial charge in [0.05, 0.1) is 21.3 Å². The summed E-state index contributed by atoms with van der Waals surface area (Å²) in [6.45, 7) is 1.96. The smallest absolute Gasteiger partial charge is 0.220 e. The monoisotopic (exact) mass is 378 g/mol. The number of rotatable bonds is 7. The summed E-state index contributed by atoms with van der Waals surface area (Å²) in [5.74, 6) is 0.853. The van der Waals surface area contributed by atoms with Crippen molar-refractivity contribution in [3.8, 4) is 0 Å². The summed E-state index contributed by atoms with van der Waals surface area (Å²) in [5, 5.41) is 5.24. The van der Waals surface area contributed by atoms with Crippen molar-refractivity contribution in [3.63, 3.8) is 0 Å². The molecule has 138 valence electrons. The SMILES string of the molecule is C[C@@H](NC(=O)CCCCc1nc2ccccc2s1)c1cc2ccccc2o1. The molecule has 0 unspecified atom stereocenters. The summed E-state index contributed by atoms with van der Waals surface area (Å²) in [4.78, 5) is 16.9. The normalized spacial score (nSPS) is 12.5. The van der Waals surface area contributed by atoms with E-state index in [9.17, 15) is 4.79 Å². The summed E-state index contributed by atoms with van der Waals surface area (Å²) < 4.78 is 7.05. The van der Waals surface area contributed by atoms with E-state index in [1.54, 1.807) is 11.3 Å². The number of fused-ring (bicyclic) bond motifs is 2. The first-order valence-corrected chi connectivity index (χ1v) is 10.1. The second-order valence-corrected chi connectivity index (χ2v) is 7.87. The molecule has 0 aliphatic carbocycles. The maximum Gasteiger partial charge on any atom is 0.220 e. The van der Waals surface area contributed by atoms with E-state index in [-0.39, 0.29) is 11.9 Å². The van der Waals surface area contributed by atoms with Crippen LogP contribution in [0.5, 0.6) is 0 Å². The van der Waals surface area contributed by atoms with Gasteiger partial charge in [-0.1, -0.05) is 30.3 Å². The molecular weight excluding hydrogens is 356 g/mol. The van der Waals surface area contributed by atoms with Gasteiger partial charge in [0.2, 0.25) is 5.91 Å². The lowest BCUT2D eigenvalue weighted by atomic mass is 10.1. The molecule has 4 nitrogen and oxygen atoms in total. The van der Waals surface area contributed by atoms with Crippen LogP contribution in [0.1, 0.15) is 43.0 Å². The highest BCUT2D eigenvalue weighted by Gasteiger charge is 2.14. The molecule has 4 rings (SSSR count). The molecule has 0 saturated carbocycles. The lowest BCUT2D eigenvalue weighted by Crippen LogP contribution is -2.26. The molecule has 0 radical (unpaired) electrons. The van der Waals surface area contributed by atoms with Gasteiger partial charge >= 0.3 is 0 Å². The van der Waals surface area contributed by atoms with Gasteiger partial charge in [-0.25, -0.2) is 4.98 Å². The van der Waals surface area contributed by atoms with Crippen LogP contribution in [0, 0.1) is 0 Å². The lowest BCUT2D eigenvalue weighted by molar-refractivity contribution is -0.121. The van der Waals surface area contributed by atoms with Gasteiger partial charge in [0.15, 0.2) is 0 Å². The largest absolute Gasteiger partial charge is 0.459 e. The Morgan fingerprint density at radius 2 is 1.96 bits per heavy atom. The average Bonchev–Trinajstić information content (AvgIpc) is 3.28. The zero-order valence-corrected chi connectivity index (χ0v) is 16.1. The van der Waals surface area contributed by atoms with E-state index in [0.717, 1.165) is 46.5 Å². The molecule has 1 N–H and O–H groups in total. The molecule has 2 heterocycles. The van der Waals surface area contributed by atoms with Crippen LogP contribution in [-0.4, -0.2) is 10.9 Å². The molecule has 0 aliphatic rings. The number of aromatic nitrogens is 1. The number of para-hydroxylation sites is 2. The van der Waals surface area contributed by atoms with Gasteiger partial charge in [-0.05, 0) is 50.5 Å². The summed E-state index contributed by atoms with van der Waals surface area (Å²) >= 11 is 1.74. The van der Waals surface area contributed by atoms with Crippen molar-refractivity contribution in [2.24, 2.45) is 0 Å². The maximum atomic E-state index is 12.2. The Morgan fingerprint density at radius 3 is 2.81 bits per heavy atom. The third-order valence-corrected chi connectivity index (χ3v) is 5.73. The number of amides is 1. The minimum absolute atomic E-state index is 0.0623. The standard InChI is InChI=1S/C22H22N2O2S/c1-15(19-14-16-8-2-4-10-18(16)26-19)23-21(25)12-6-7-13-22-24-17-9-3-5-11-20(17)27-22/h2-5,8-11,14-15H,6-7,12-13H2,1H3,(H,23,25)/t15-/m1/s1. The highest BCUT2D eigenvalue weighted by Crippen LogP contribution is 2.24. The fourth-order valence-corrected chi connectivity index (χ4v) is 4.20. The Hall–Kier alpha value is -2.66. The van der Waals surface area contributed by atoms with Crippen molar-refractivity contribution in [2.75, 3.05) is 0 Å². The fraction of sp³-hybridized carbons (Fsp3) is 0.273. The Labute approximate surface area is 162 Å². The highest BCUT2D eigenvalue weighted by atomic mass is 32.1. The summed E-state index contributed by atoms with van der Waals surface area (Å²) in [5.41, 5.74) is 1.92. The van der Waals surface area contributed by atoms with Crippen molar-refractivity contribution >= 4 is 38.4 Å². The first-order valence-electron chi connectivity index (χ1n) is 9.31. The molecule has 1 amide bonds. The number of hydrogen-bond acceptors (Lipinski definition) is 4. The number of nitrogens with zero attached hydrogens (tertiary/aromatic N) is 1. The Balaban J connectivity index is 1.24. The molecule has 0 fully saturated rings. The van der Waals surface area contributed by atoms with Gasteiger partial charge in [-0.3, -0.25) is 4.79 Å². The van der Waals surface area contributed by atoms with Gasteiger partial charge in [0.1, 0.15) is 11.3 Å². The zero-order valence-electron chi connectivity index (χ0n) is 15.3. The summed E-state index contributed by atoms with van der Waals surface area (Å²) in [6.07, 6.45) is 3.27. The summed E-state index contributed by atoms with van der Waals surface area (Å²) in [7, 11) is 0. The third kappa shape index (κ3) is 4.19. The highest BCUT2D eigenvalue weighted by molar-refractivity contribution is 7.18. The molecular formula is C22H22N2O2S. The Bertz CT molecular complexity index is 1000. The topological polar surface area (TPSA) is 55.1 Å². The van der Waals surface area contributed by atoms with Crippen molar-refractivity contribution in [3.05, 3.63) is 65.4 Å². The third-order valence-electron chi connectivity index (χ3n) is 4.63. The van der Waals surface area contributed by atoms with Crippen LogP contribution in [0.3, 0.4) is 0 Å². The van der Waals surface area contributed by atoms with E-state index in [1.165, 1.54) is 4.70 Å². The van der Waals surface area contributed by atoms with Gasteiger partial charge in [0, 0.05) is 11.8 Å². The number of thiazole rings is 1. The van der Waals surface area contributed by atoms with Gasteiger partial charge in [0.25, 0.3) is 0 Å². The van der Waals surface area contributed by atoms with Crippen molar-refractivity contribution < 1.29 is 9.21 Å². The Morgan fingerprint density at radius 1 is 1.15 bits per heavy atom. The van der Waals surface area contributed by atoms with Gasteiger partial charge in [-0.15, -0.1) is 11.3 Å². The minimum Gasteiger partial charge on any atom is -0.459 e. The molecule has 0 aliphatic heterocycles. The van der Waals surface area contributed by atoms with E-state index in [4.69, 9.17) is 4.42 Å². The maximum absolute atomic E-state index is 12.2. The lowest BCUT2D eigenvalue weighted by Gasteiger charge is -2.11. The van der Waals surface area contributed by atoms with E-state index in [2.05, 4.69) is 16.4 Å². The van der Waals surface area contributed by atoms with Crippen molar-refractivity contribution in [2.45, 2.75) is 38.6 Å². The quantitative estimate of drug-likeness (QED) is 0.424. The number of aryl methyl sites for hydroxylation is 1. The fourth-order valence-electron chi connectivity index (χ4n) is 3.19. The van der Waals surface area contributed by atoms with Gasteiger partial charge < -0.3 is 9.73 Å². The predicted octanol–water partition coefficient (Wildman–Crippen LogP) is 5.63. The van der Waals surface area contributed by atoms with Crippen LogP contribution in [0.15, 0.2) is 59.0 Å². The van der Waals surface area contributed by atoms with E-state index in [0.29, 0.717) is 6.42 Å². The molecule has 0 saturated heterocycles.